The van der Waals surface area contributed by atoms with Crippen LogP contribution in [-0.2, 0) is 21.7 Å². The van der Waals surface area contributed by atoms with Crippen LogP contribution in [0.4, 0.5) is 17.1 Å². The van der Waals surface area contributed by atoms with Crippen LogP contribution in [0.25, 0.3) is 72.0 Å². The summed E-state index contributed by atoms with van der Waals surface area (Å²) in [7, 11) is 0. The van der Waals surface area contributed by atoms with Crippen LogP contribution in [0.15, 0.2) is 212 Å². The molecule has 2 aliphatic rings. The second-order valence-corrected chi connectivity index (χ2v) is 26.7. The summed E-state index contributed by atoms with van der Waals surface area (Å²) in [6, 6.07) is 80.0. The maximum absolute atomic E-state index is 7.55. The normalized spacial score (nSPS) is 13.3. The van der Waals surface area contributed by atoms with Gasteiger partial charge in [0.2, 0.25) is 0 Å². The standard InChI is InChI=1S/C76H71BN2O/c1-73(2,3)54-32-37-65-61(45-54)62-46-55(74(4,5)6)33-38-66(62)78(65)58-34-36-64-69(47-58)80-70-43-53(48-23-16-13-17-24-48)42-68-71(70)77(64)63-35-31-51(52-39-56(75(7,8)9)44-57(40-52)76(10,11)12)41-67(63)79(68)72-59(49-25-18-14-19-26-49)29-22-30-60(72)50-27-20-15-21-28-50/h13-47H,1-12H3. The highest BCUT2D eigenvalue weighted by Crippen LogP contribution is 2.51. The number of hydrogen-bond donors (Lipinski definition) is 0. The Morgan fingerprint density at radius 1 is 0.338 bits per heavy atom. The molecule has 0 aliphatic carbocycles. The second-order valence-electron chi connectivity index (χ2n) is 26.7. The zero-order valence-corrected chi connectivity index (χ0v) is 48.6. The van der Waals surface area contributed by atoms with Gasteiger partial charge in [0.05, 0.1) is 16.7 Å². The lowest BCUT2D eigenvalue weighted by atomic mass is 9.34. The molecule has 4 heteroatoms. The van der Waals surface area contributed by atoms with E-state index in [1.165, 1.54) is 60.6 Å². The minimum atomic E-state index is -0.139. The Morgan fingerprint density at radius 2 is 0.825 bits per heavy atom. The number of aromatic nitrogens is 1. The summed E-state index contributed by atoms with van der Waals surface area (Å²) in [5.74, 6) is 1.74. The van der Waals surface area contributed by atoms with Gasteiger partial charge >= 0.3 is 0 Å². The summed E-state index contributed by atoms with van der Waals surface area (Å²) in [4.78, 5) is 2.60. The zero-order chi connectivity index (χ0) is 55.6. The molecule has 0 radical (unpaired) electrons. The van der Waals surface area contributed by atoms with Crippen molar-refractivity contribution in [3.63, 3.8) is 0 Å². The third-order valence-electron chi connectivity index (χ3n) is 17.1. The van der Waals surface area contributed by atoms with Gasteiger partial charge in [-0.1, -0.05) is 241 Å². The summed E-state index contributed by atoms with van der Waals surface area (Å²) in [6.45, 7) is 27.7. The molecule has 0 fully saturated rings. The maximum Gasteiger partial charge on any atom is 0.256 e. The number of rotatable bonds is 6. The predicted octanol–water partition coefficient (Wildman–Crippen LogP) is 19.0. The average molecular weight is 1040 g/mol. The van der Waals surface area contributed by atoms with Gasteiger partial charge in [0.1, 0.15) is 11.5 Å². The molecule has 0 saturated heterocycles. The molecule has 0 N–H and O–H groups in total. The van der Waals surface area contributed by atoms with Gasteiger partial charge in [0.25, 0.3) is 6.71 Å². The van der Waals surface area contributed by atoms with Gasteiger partial charge in [0, 0.05) is 45.0 Å². The molecule has 13 rings (SSSR count). The van der Waals surface area contributed by atoms with Crippen LogP contribution in [0, 0.1) is 0 Å². The topological polar surface area (TPSA) is 17.4 Å². The summed E-state index contributed by atoms with van der Waals surface area (Å²) in [5, 5.41) is 2.54. The van der Waals surface area contributed by atoms with Crippen molar-refractivity contribution in [2.45, 2.75) is 105 Å². The van der Waals surface area contributed by atoms with Crippen molar-refractivity contribution >= 4 is 62.0 Å². The fourth-order valence-corrected chi connectivity index (χ4v) is 12.5. The van der Waals surface area contributed by atoms with Gasteiger partial charge in [0.15, 0.2) is 0 Å². The van der Waals surface area contributed by atoms with Gasteiger partial charge in [-0.15, -0.1) is 0 Å². The van der Waals surface area contributed by atoms with Gasteiger partial charge in [-0.25, -0.2) is 0 Å². The Labute approximate surface area is 474 Å². The first-order valence-electron chi connectivity index (χ1n) is 28.7. The molecule has 0 atom stereocenters. The van der Waals surface area contributed by atoms with Crippen molar-refractivity contribution in [2.75, 3.05) is 4.90 Å². The molecule has 3 heterocycles. The number of nitrogens with zero attached hydrogens (tertiary/aromatic N) is 2. The molecular weight excluding hydrogens is 968 g/mol. The van der Waals surface area contributed by atoms with E-state index in [4.69, 9.17) is 4.74 Å². The van der Waals surface area contributed by atoms with Crippen LogP contribution < -0.4 is 26.0 Å². The average Bonchev–Trinajstić information content (AvgIpc) is 3.21. The molecule has 80 heavy (non-hydrogen) atoms. The first-order chi connectivity index (χ1) is 38.2. The van der Waals surface area contributed by atoms with E-state index in [1.807, 2.05) is 0 Å². The van der Waals surface area contributed by atoms with Gasteiger partial charge in [-0.2, -0.15) is 0 Å². The molecule has 394 valence electrons. The third-order valence-corrected chi connectivity index (χ3v) is 17.1. The van der Waals surface area contributed by atoms with Crippen LogP contribution in [0.3, 0.4) is 0 Å². The number of fused-ring (bicyclic) bond motifs is 7. The number of anilines is 3. The SMILES string of the molecule is CC(C)(C)c1cc(-c2ccc3c(c2)N(c2c(-c4ccccc4)cccc2-c2ccccc2)c2cc(-c4ccccc4)cc4c2B3c2ccc(-n3c5ccc(C(C)(C)C)cc5c5cc(C(C)(C)C)ccc53)cc2O4)cc(C(C)(C)C)c1. The maximum atomic E-state index is 7.55. The van der Waals surface area contributed by atoms with Crippen molar-refractivity contribution in [3.05, 3.63) is 235 Å². The van der Waals surface area contributed by atoms with Crippen molar-refractivity contribution in [1.29, 1.82) is 0 Å². The Hall–Kier alpha value is -8.34. The Kier molecular flexibility index (Phi) is 11.9. The van der Waals surface area contributed by atoms with E-state index in [1.54, 1.807) is 0 Å². The van der Waals surface area contributed by atoms with Crippen LogP contribution in [0.5, 0.6) is 11.5 Å². The summed E-state index contributed by atoms with van der Waals surface area (Å²) in [5.41, 5.74) is 24.9. The molecular formula is C76H71BN2O. The zero-order valence-electron chi connectivity index (χ0n) is 48.6. The number of ether oxygens (including phenoxy) is 1. The smallest absolute Gasteiger partial charge is 0.256 e. The third kappa shape index (κ3) is 8.76. The number of benzene rings is 10. The van der Waals surface area contributed by atoms with E-state index in [2.05, 4.69) is 305 Å². The van der Waals surface area contributed by atoms with E-state index >= 15 is 0 Å². The molecule has 11 aromatic rings. The fourth-order valence-electron chi connectivity index (χ4n) is 12.5. The van der Waals surface area contributed by atoms with Crippen LogP contribution in [0.1, 0.15) is 105 Å². The predicted molar refractivity (Wildman–Crippen MR) is 343 cm³/mol. The number of hydrogen-bond acceptors (Lipinski definition) is 2. The van der Waals surface area contributed by atoms with E-state index in [-0.39, 0.29) is 28.4 Å². The van der Waals surface area contributed by atoms with E-state index in [0.29, 0.717) is 0 Å². The molecule has 0 unspecified atom stereocenters. The highest BCUT2D eigenvalue weighted by Gasteiger charge is 2.44. The van der Waals surface area contributed by atoms with Crippen LogP contribution in [0.2, 0.25) is 0 Å². The molecule has 0 amide bonds. The Bertz CT molecular complexity index is 4070. The van der Waals surface area contributed by atoms with Crippen LogP contribution >= 0.6 is 0 Å². The van der Waals surface area contributed by atoms with Crippen molar-refractivity contribution in [1.82, 2.24) is 4.57 Å². The van der Waals surface area contributed by atoms with Gasteiger partial charge in [-0.3, -0.25) is 0 Å². The van der Waals surface area contributed by atoms with Gasteiger partial charge < -0.3 is 14.2 Å². The summed E-state index contributed by atoms with van der Waals surface area (Å²) in [6.07, 6.45) is 0. The molecule has 0 spiro atoms. The monoisotopic (exact) mass is 1040 g/mol. The molecule has 2 aliphatic heterocycles. The first-order valence-corrected chi connectivity index (χ1v) is 28.7. The molecule has 10 aromatic carbocycles. The van der Waals surface area contributed by atoms with Crippen LogP contribution in [-0.4, -0.2) is 11.3 Å². The van der Waals surface area contributed by atoms with Crippen molar-refractivity contribution in [3.8, 4) is 61.7 Å². The van der Waals surface area contributed by atoms with Crippen molar-refractivity contribution < 1.29 is 4.74 Å². The minimum absolute atomic E-state index is 0.0000406. The quantitative estimate of drug-likeness (QED) is 0.154. The molecule has 3 nitrogen and oxygen atoms in total. The fraction of sp³-hybridized carbons (Fsp3) is 0.211. The van der Waals surface area contributed by atoms with E-state index in [9.17, 15) is 0 Å². The lowest BCUT2D eigenvalue weighted by Crippen LogP contribution is -2.59. The second kappa shape index (κ2) is 18.6. The minimum Gasteiger partial charge on any atom is -0.458 e. The number of para-hydroxylation sites is 1. The highest BCUT2D eigenvalue weighted by atomic mass is 16.5. The van der Waals surface area contributed by atoms with E-state index < -0.39 is 0 Å². The lowest BCUT2D eigenvalue weighted by molar-refractivity contribution is 0.487. The van der Waals surface area contributed by atoms with E-state index in [0.717, 1.165) is 78.6 Å². The lowest BCUT2D eigenvalue weighted by Gasteiger charge is -2.42. The Morgan fingerprint density at radius 3 is 1.35 bits per heavy atom. The highest BCUT2D eigenvalue weighted by molar-refractivity contribution is 6.99. The van der Waals surface area contributed by atoms with Crippen molar-refractivity contribution in [2.24, 2.45) is 0 Å². The first kappa shape index (κ1) is 51.1. The van der Waals surface area contributed by atoms with Gasteiger partial charge in [-0.05, 0) is 142 Å². The molecule has 1 aromatic heterocycles. The largest absolute Gasteiger partial charge is 0.458 e. The summed E-state index contributed by atoms with van der Waals surface area (Å²) < 4.78 is 10.0. The molecule has 0 bridgehead atoms. The molecule has 0 saturated carbocycles. The summed E-state index contributed by atoms with van der Waals surface area (Å²) >= 11 is 0. The Balaban J connectivity index is 1.11.